The molecule has 6 aromatic rings. The molecule has 4 unspecified atom stereocenters. The number of phosphoric acid groups is 4. The van der Waals surface area contributed by atoms with Crippen molar-refractivity contribution in [3.63, 3.8) is 0 Å². The van der Waals surface area contributed by atoms with Crippen molar-refractivity contribution < 1.29 is 112 Å². The second kappa shape index (κ2) is 22.2. The van der Waals surface area contributed by atoms with E-state index < -0.39 is 152 Å². The minimum atomic E-state index is -6.28. The monoisotopic (exact) mass is 1240 g/mol. The first-order valence-corrected chi connectivity index (χ1v) is 30.4. The molecular weight excluding hydrogens is 1190 g/mol. The van der Waals surface area contributed by atoms with Crippen molar-refractivity contribution >= 4 is 92.5 Å². The number of imidazole rings is 3. The Labute approximate surface area is 444 Å². The number of aliphatic hydroxyl groups excluding tert-OH is 3. The number of sulfonamides is 1. The molecule has 15 N–H and O–H groups in total. The Morgan fingerprint density at radius 1 is 0.762 bits per heavy atom. The smallest absolute Gasteiger partial charge is 0.490 e. The Hall–Kier alpha value is -5.20. The number of aliphatic hydroxyl groups is 3. The van der Waals surface area contributed by atoms with Crippen molar-refractivity contribution in [2.24, 2.45) is 13.0 Å². The van der Waals surface area contributed by atoms with Gasteiger partial charge in [-0.2, -0.15) is 13.6 Å². The van der Waals surface area contributed by atoms with E-state index in [0.717, 1.165) is 41.5 Å². The Morgan fingerprint density at radius 2 is 1.36 bits per heavy atom. The molecule has 0 amide bonds. The summed E-state index contributed by atoms with van der Waals surface area (Å²) in [5.74, 6) is -2.12. The van der Waals surface area contributed by atoms with E-state index in [9.17, 15) is 71.2 Å². The first-order valence-electron chi connectivity index (χ1n) is 22.6. The highest BCUT2D eigenvalue weighted by Crippen LogP contribution is 2.68. The molecule has 440 valence electrons. The number of H-pyrrole nitrogens is 2. The van der Waals surface area contributed by atoms with Gasteiger partial charge in [0.05, 0.1) is 51.9 Å². The van der Waals surface area contributed by atoms with E-state index in [1.54, 1.807) is 0 Å². The number of aryl methyl sites for hydroxylation is 1. The Kier molecular flexibility index (Phi) is 16.5. The molecule has 46 heteroatoms. The first kappa shape index (κ1) is 59.4. The fourth-order valence-corrected chi connectivity index (χ4v) is 13.8. The second-order valence-electron chi connectivity index (χ2n) is 17.7. The van der Waals surface area contributed by atoms with Crippen molar-refractivity contribution in [2.45, 2.75) is 67.5 Å². The lowest BCUT2D eigenvalue weighted by molar-refractivity contribution is -0.745. The molecule has 9 heterocycles. The molecule has 3 aliphatic rings. The topological polar surface area (TPSA) is 591 Å². The summed E-state index contributed by atoms with van der Waals surface area (Å²) in [4.78, 5) is 98.8. The fraction of sp³-hybridized carbons (Fsp3) is 0.559. The van der Waals surface area contributed by atoms with Gasteiger partial charge < -0.3 is 80.1 Å². The minimum absolute atomic E-state index is 0.0204. The maximum atomic E-state index is 13.6. The number of nitrogens with one attached hydrogen (secondary N) is 3. The lowest BCUT2D eigenvalue weighted by Crippen LogP contribution is -2.46. The molecule has 0 spiro atoms. The molecule has 3 saturated heterocycles. The van der Waals surface area contributed by atoms with Crippen LogP contribution in [0.15, 0.2) is 34.9 Å². The van der Waals surface area contributed by atoms with Gasteiger partial charge in [0.1, 0.15) is 54.6 Å². The number of anilines is 3. The van der Waals surface area contributed by atoms with Crippen LogP contribution in [0.5, 0.6) is 0 Å². The third-order valence-corrected chi connectivity index (χ3v) is 18.2. The van der Waals surface area contributed by atoms with E-state index >= 15 is 0 Å². The summed E-state index contributed by atoms with van der Waals surface area (Å²) in [6.45, 7) is -4.11. The van der Waals surface area contributed by atoms with Crippen LogP contribution in [0.4, 0.5) is 17.7 Å². The summed E-state index contributed by atoms with van der Waals surface area (Å²) in [5, 5.41) is 33.1. The van der Waals surface area contributed by atoms with Gasteiger partial charge in [-0.05, 0) is 0 Å². The molecule has 9 rings (SSSR count). The van der Waals surface area contributed by atoms with Crippen LogP contribution >= 0.6 is 31.3 Å². The Balaban J connectivity index is 0.878. The summed E-state index contributed by atoms with van der Waals surface area (Å²) in [6.07, 6.45) is -13.4. The molecule has 16 atom stereocenters. The molecule has 41 nitrogen and oxygen atoms in total. The standard InChI is InChI=1S/C34H48N16O25P4S/c1-47-11-50(27-18(47)29(55)46-34(37)44-27)30-19(51)12(4-42-80(3,64)65)13(70-30)5-68-77(58,59)74-79(62,63)75-78(60,61)69-7-15-22(23(66-2)32(72-15)48-9-40-16-24(35)38-8-39-25(16)48)73-76(56,57)67-6-14-20(52)21(53)31(71-14)49-10-41-17-26(49)43-33(36)45-28(17)54/h8-15,19-23,30-32,42,51-53H,4-7H2,1-3H3,(H11-,35,36,37,38,39,43,44,45,46,54,55,56,57,58,59,60,61,62,63)/t12-,13-,14-,15-,19-,20-,21-,22-,23-,30-,31-,32-/m1/s1. The molecule has 0 bridgehead atoms. The van der Waals surface area contributed by atoms with Crippen LogP contribution in [0, 0.1) is 5.92 Å². The first-order chi connectivity index (χ1) is 37.3. The summed E-state index contributed by atoms with van der Waals surface area (Å²) in [5.41, 5.74) is 15.3. The van der Waals surface area contributed by atoms with Crippen LogP contribution in [0.25, 0.3) is 33.5 Å². The molecule has 6 aromatic heterocycles. The SMILES string of the molecule is CO[C@@H]1[C@H](OP(=O)([O-])OC[C@H]2O[C@@H](n3cnc4c(=O)[nH]c(N)nc43)[C@H](O)[C@@H]2O)[C@@H](COP(=O)(O)OP(=O)(O)OP(=O)(O)OC[C@H]2O[C@@H]([n+]3cn(C)c4c(=O)[nH]c(N)nc43)[C@H](O)[C@@H]2CNS(C)(=O)=O)O[C@H]1n1cnc2c(N)ncnc21. The van der Waals surface area contributed by atoms with Crippen LogP contribution in [-0.2, 0) is 81.0 Å². The molecule has 0 saturated carbocycles. The molecule has 0 aliphatic carbocycles. The molecule has 80 heavy (non-hydrogen) atoms. The van der Waals surface area contributed by atoms with Gasteiger partial charge in [0.25, 0.3) is 24.9 Å². The number of hydrogen-bond acceptors (Lipinski definition) is 31. The molecule has 0 aromatic carbocycles. The lowest BCUT2D eigenvalue weighted by Gasteiger charge is -2.31. The number of aromatic nitrogens is 12. The maximum Gasteiger partial charge on any atom is 0.490 e. The van der Waals surface area contributed by atoms with Crippen molar-refractivity contribution in [2.75, 3.05) is 56.9 Å². The zero-order chi connectivity index (χ0) is 58.2. The van der Waals surface area contributed by atoms with Gasteiger partial charge in [0, 0.05) is 19.6 Å². The van der Waals surface area contributed by atoms with Gasteiger partial charge in [-0.25, -0.2) is 51.3 Å². The predicted octanol–water partition coefficient (Wildman–Crippen LogP) is -5.54. The quantitative estimate of drug-likeness (QED) is 0.0223. The number of methoxy groups -OCH3 is 1. The number of hydrogen-bond donors (Lipinski definition) is 12. The summed E-state index contributed by atoms with van der Waals surface area (Å²) in [6, 6.07) is 0. The van der Waals surface area contributed by atoms with E-state index in [4.69, 9.17) is 54.2 Å². The van der Waals surface area contributed by atoms with E-state index in [0.29, 0.717) is 0 Å². The molecule has 3 aliphatic heterocycles. The summed E-state index contributed by atoms with van der Waals surface area (Å²) < 4.78 is 136. The highest BCUT2D eigenvalue weighted by atomic mass is 32.2. The van der Waals surface area contributed by atoms with Crippen LogP contribution < -0.4 is 42.5 Å². The predicted molar refractivity (Wildman–Crippen MR) is 257 cm³/mol. The zero-order valence-electron chi connectivity index (χ0n) is 40.9. The third-order valence-electron chi connectivity index (χ3n) is 12.3. The second-order valence-corrected chi connectivity index (χ2v) is 25.6. The van der Waals surface area contributed by atoms with E-state index in [1.165, 1.54) is 22.5 Å². The van der Waals surface area contributed by atoms with Gasteiger partial charge in [-0.15, -0.1) is 0 Å². The van der Waals surface area contributed by atoms with Gasteiger partial charge in [0.15, 0.2) is 41.4 Å². The van der Waals surface area contributed by atoms with Gasteiger partial charge in [-0.3, -0.25) is 46.9 Å². The minimum Gasteiger partial charge on any atom is -0.756 e. The van der Waals surface area contributed by atoms with Crippen molar-refractivity contribution in [1.82, 2.24) is 58.3 Å². The van der Waals surface area contributed by atoms with Crippen LogP contribution in [0.2, 0.25) is 0 Å². The average Bonchev–Trinajstić information content (AvgIpc) is 4.42. The summed E-state index contributed by atoms with van der Waals surface area (Å²) >= 11 is 0. The van der Waals surface area contributed by atoms with Gasteiger partial charge in [0.2, 0.25) is 27.7 Å². The van der Waals surface area contributed by atoms with Crippen LogP contribution in [0.1, 0.15) is 18.7 Å². The van der Waals surface area contributed by atoms with Crippen molar-refractivity contribution in [3.8, 4) is 0 Å². The highest BCUT2D eigenvalue weighted by molar-refractivity contribution is 7.88. The number of nitrogens with two attached hydrogens (primary N) is 3. The number of rotatable bonds is 22. The number of fused-ring (bicyclic) bond motifs is 3. The third kappa shape index (κ3) is 12.4. The fourth-order valence-electron chi connectivity index (χ4n) is 8.87. The Bertz CT molecular complexity index is 3770. The maximum absolute atomic E-state index is 13.6. The van der Waals surface area contributed by atoms with E-state index in [-0.39, 0.29) is 51.2 Å². The number of nitrogens with zero attached hydrogens (tertiary/aromatic N) is 10. The number of ether oxygens (including phenoxy) is 4. The molecule has 3 fully saturated rings. The number of nitrogen functional groups attached to an aromatic ring is 3. The molecule has 0 radical (unpaired) electrons. The van der Waals surface area contributed by atoms with E-state index in [1.807, 2.05) is 0 Å². The normalized spacial score (nSPS) is 29.5. The number of phosphoric ester groups is 3. The van der Waals surface area contributed by atoms with Gasteiger partial charge in [-0.1, -0.05) is 4.98 Å². The van der Waals surface area contributed by atoms with E-state index in [2.05, 4.69) is 53.2 Å². The van der Waals surface area contributed by atoms with Gasteiger partial charge >= 0.3 is 29.1 Å². The van der Waals surface area contributed by atoms with Crippen molar-refractivity contribution in [1.29, 1.82) is 0 Å². The Morgan fingerprint density at radius 3 is 2.02 bits per heavy atom. The lowest BCUT2D eigenvalue weighted by atomic mass is 9.98. The largest absolute Gasteiger partial charge is 0.756 e. The van der Waals surface area contributed by atoms with Crippen molar-refractivity contribution in [3.05, 3.63) is 46.0 Å². The average molecular weight is 1240 g/mol. The highest BCUT2D eigenvalue weighted by Gasteiger charge is 2.53. The van der Waals surface area contributed by atoms with Crippen LogP contribution in [0.3, 0.4) is 0 Å². The zero-order valence-corrected chi connectivity index (χ0v) is 45.3. The number of aromatic amines is 2. The van der Waals surface area contributed by atoms with Crippen LogP contribution in [-0.4, -0.2) is 181 Å². The summed E-state index contributed by atoms with van der Waals surface area (Å²) in [7, 11) is -25.4. The molecular formula is C34H48N16O25P4S.